The van der Waals surface area contributed by atoms with Crippen LogP contribution in [-0.2, 0) is 9.59 Å². The molecule has 0 bridgehead atoms. The Kier molecular flexibility index (Phi) is 7.90. The van der Waals surface area contributed by atoms with E-state index in [4.69, 9.17) is 5.73 Å². The normalized spacial score (nSPS) is 17.8. The number of rotatable bonds is 7. The van der Waals surface area contributed by atoms with Crippen LogP contribution in [0, 0.1) is 0 Å². The Morgan fingerprint density at radius 2 is 2.00 bits per heavy atom. The Labute approximate surface area is 119 Å². The first-order valence-corrected chi connectivity index (χ1v) is 8.34. The van der Waals surface area contributed by atoms with Gasteiger partial charge in [-0.2, -0.15) is 11.8 Å². The van der Waals surface area contributed by atoms with Gasteiger partial charge in [0.05, 0.1) is 12.6 Å². The van der Waals surface area contributed by atoms with Crippen LogP contribution < -0.4 is 16.4 Å². The summed E-state index contributed by atoms with van der Waals surface area (Å²) in [5.41, 5.74) is 5.72. The standard InChI is InChI=1S/C13H25N3O2S/c1-19-8-7-11(14)13(18)15-9-12(17)16-10-5-3-2-4-6-10/h10-11H,2-9,14H2,1H3,(H,15,18)(H,16,17)/t11-/m0/s1. The van der Waals surface area contributed by atoms with Gasteiger partial charge in [-0.15, -0.1) is 0 Å². The highest BCUT2D eigenvalue weighted by Gasteiger charge is 2.17. The molecule has 2 amide bonds. The molecule has 0 aliphatic heterocycles. The SMILES string of the molecule is CSCC[C@H](N)C(=O)NCC(=O)NC1CCCCC1. The van der Waals surface area contributed by atoms with Gasteiger partial charge in [0, 0.05) is 6.04 Å². The number of amides is 2. The fraction of sp³-hybridized carbons (Fsp3) is 0.846. The summed E-state index contributed by atoms with van der Waals surface area (Å²) in [6, 6.07) is -0.238. The van der Waals surface area contributed by atoms with Gasteiger partial charge in [-0.3, -0.25) is 9.59 Å². The van der Waals surface area contributed by atoms with Crippen LogP contribution in [0.3, 0.4) is 0 Å². The molecule has 19 heavy (non-hydrogen) atoms. The van der Waals surface area contributed by atoms with Crippen LogP contribution in [0.2, 0.25) is 0 Å². The molecule has 0 aromatic carbocycles. The van der Waals surface area contributed by atoms with Gasteiger partial charge >= 0.3 is 0 Å². The van der Waals surface area contributed by atoms with E-state index in [1.54, 1.807) is 11.8 Å². The minimum atomic E-state index is -0.519. The van der Waals surface area contributed by atoms with Crippen molar-refractivity contribution >= 4 is 23.6 Å². The van der Waals surface area contributed by atoms with Crippen molar-refractivity contribution < 1.29 is 9.59 Å². The van der Waals surface area contributed by atoms with Gasteiger partial charge in [0.2, 0.25) is 11.8 Å². The molecule has 0 saturated heterocycles. The maximum atomic E-state index is 11.7. The van der Waals surface area contributed by atoms with Crippen molar-refractivity contribution in [3.63, 3.8) is 0 Å². The number of hydrogen-bond acceptors (Lipinski definition) is 4. The number of nitrogens with one attached hydrogen (secondary N) is 2. The topological polar surface area (TPSA) is 84.2 Å². The number of nitrogens with two attached hydrogens (primary N) is 1. The third kappa shape index (κ3) is 6.82. The first-order valence-electron chi connectivity index (χ1n) is 6.95. The molecule has 1 aliphatic carbocycles. The number of thioether (sulfide) groups is 1. The molecule has 4 N–H and O–H groups in total. The van der Waals surface area contributed by atoms with Gasteiger partial charge in [0.25, 0.3) is 0 Å². The Bertz CT molecular complexity index is 294. The van der Waals surface area contributed by atoms with Gasteiger partial charge in [-0.05, 0) is 31.3 Å². The van der Waals surface area contributed by atoms with Crippen molar-refractivity contribution in [2.75, 3.05) is 18.6 Å². The molecule has 5 nitrogen and oxygen atoms in total. The Balaban J connectivity index is 2.16. The molecule has 0 aromatic heterocycles. The van der Waals surface area contributed by atoms with Gasteiger partial charge in [-0.25, -0.2) is 0 Å². The first-order chi connectivity index (χ1) is 9.13. The maximum Gasteiger partial charge on any atom is 0.239 e. The van der Waals surface area contributed by atoms with Crippen molar-refractivity contribution in [2.24, 2.45) is 5.73 Å². The molecular weight excluding hydrogens is 262 g/mol. The van der Waals surface area contributed by atoms with Crippen molar-refractivity contribution in [1.29, 1.82) is 0 Å². The maximum absolute atomic E-state index is 11.7. The highest BCUT2D eigenvalue weighted by molar-refractivity contribution is 7.98. The second-order valence-corrected chi connectivity index (χ2v) is 5.99. The van der Waals surface area contributed by atoms with Crippen molar-refractivity contribution in [1.82, 2.24) is 10.6 Å². The lowest BCUT2D eigenvalue weighted by atomic mass is 9.95. The molecule has 0 heterocycles. The van der Waals surface area contributed by atoms with E-state index in [-0.39, 0.29) is 24.4 Å². The summed E-state index contributed by atoms with van der Waals surface area (Å²) >= 11 is 1.66. The quantitative estimate of drug-likeness (QED) is 0.641. The highest BCUT2D eigenvalue weighted by Crippen LogP contribution is 2.17. The lowest BCUT2D eigenvalue weighted by Crippen LogP contribution is -2.47. The van der Waals surface area contributed by atoms with Crippen LogP contribution in [0.5, 0.6) is 0 Å². The van der Waals surface area contributed by atoms with Gasteiger partial charge in [-0.1, -0.05) is 19.3 Å². The van der Waals surface area contributed by atoms with Gasteiger partial charge < -0.3 is 16.4 Å². The summed E-state index contributed by atoms with van der Waals surface area (Å²) in [6.07, 6.45) is 8.32. The summed E-state index contributed by atoms with van der Waals surface area (Å²) < 4.78 is 0. The van der Waals surface area contributed by atoms with E-state index in [2.05, 4.69) is 10.6 Å². The predicted molar refractivity (Wildman–Crippen MR) is 79.0 cm³/mol. The molecule has 0 aromatic rings. The monoisotopic (exact) mass is 287 g/mol. The summed E-state index contributed by atoms with van der Waals surface area (Å²) in [7, 11) is 0. The molecule has 0 spiro atoms. The average molecular weight is 287 g/mol. The molecule has 1 saturated carbocycles. The van der Waals surface area contributed by atoms with Crippen molar-refractivity contribution in [2.45, 2.75) is 50.6 Å². The number of carbonyl (C=O) groups is 2. The van der Waals surface area contributed by atoms with Crippen LogP contribution in [0.25, 0.3) is 0 Å². The molecule has 1 atom stereocenters. The smallest absolute Gasteiger partial charge is 0.239 e. The summed E-state index contributed by atoms with van der Waals surface area (Å²) in [6.45, 7) is 0.0301. The minimum Gasteiger partial charge on any atom is -0.352 e. The Morgan fingerprint density at radius 3 is 2.63 bits per heavy atom. The third-order valence-corrected chi connectivity index (χ3v) is 4.01. The summed E-state index contributed by atoms with van der Waals surface area (Å²) in [4.78, 5) is 23.3. The van der Waals surface area contributed by atoms with E-state index in [1.807, 2.05) is 6.26 Å². The molecule has 0 unspecified atom stereocenters. The molecule has 1 fully saturated rings. The largest absolute Gasteiger partial charge is 0.352 e. The lowest BCUT2D eigenvalue weighted by Gasteiger charge is -2.23. The average Bonchev–Trinajstić information content (AvgIpc) is 2.43. The molecule has 1 aliphatic rings. The zero-order valence-corrected chi connectivity index (χ0v) is 12.4. The van der Waals surface area contributed by atoms with E-state index >= 15 is 0 Å². The van der Waals surface area contributed by atoms with Crippen molar-refractivity contribution in [3.05, 3.63) is 0 Å². The van der Waals surface area contributed by atoms with Crippen LogP contribution in [0.4, 0.5) is 0 Å². The summed E-state index contributed by atoms with van der Waals surface area (Å²) in [5, 5.41) is 5.55. The molecule has 0 radical (unpaired) electrons. The van der Waals surface area contributed by atoms with E-state index in [0.717, 1.165) is 18.6 Å². The fourth-order valence-electron chi connectivity index (χ4n) is 2.20. The highest BCUT2D eigenvalue weighted by atomic mass is 32.2. The Hall–Kier alpha value is -0.750. The van der Waals surface area contributed by atoms with E-state index in [0.29, 0.717) is 6.42 Å². The Morgan fingerprint density at radius 1 is 1.32 bits per heavy atom. The van der Waals surface area contributed by atoms with Crippen LogP contribution in [0.1, 0.15) is 38.5 Å². The predicted octanol–water partition coefficient (Wildman–Crippen LogP) is 0.632. The minimum absolute atomic E-state index is 0.0301. The summed E-state index contributed by atoms with van der Waals surface area (Å²) in [5.74, 6) is 0.494. The molecule has 110 valence electrons. The number of hydrogen-bond donors (Lipinski definition) is 3. The lowest BCUT2D eigenvalue weighted by molar-refractivity contribution is -0.127. The second-order valence-electron chi connectivity index (χ2n) is 5.01. The molecule has 6 heteroatoms. The van der Waals surface area contributed by atoms with E-state index < -0.39 is 6.04 Å². The van der Waals surface area contributed by atoms with Gasteiger partial charge in [0.1, 0.15) is 0 Å². The third-order valence-electron chi connectivity index (χ3n) is 3.36. The first kappa shape index (κ1) is 16.3. The second kappa shape index (κ2) is 9.20. The van der Waals surface area contributed by atoms with Crippen molar-refractivity contribution in [3.8, 4) is 0 Å². The van der Waals surface area contributed by atoms with E-state index in [9.17, 15) is 9.59 Å². The zero-order chi connectivity index (χ0) is 14.1. The van der Waals surface area contributed by atoms with Crippen LogP contribution in [0.15, 0.2) is 0 Å². The molecular formula is C13H25N3O2S. The molecule has 1 rings (SSSR count). The van der Waals surface area contributed by atoms with Crippen LogP contribution >= 0.6 is 11.8 Å². The fourth-order valence-corrected chi connectivity index (χ4v) is 2.69. The number of carbonyl (C=O) groups excluding carboxylic acids is 2. The van der Waals surface area contributed by atoms with Crippen LogP contribution in [-0.4, -0.2) is 42.5 Å². The zero-order valence-electron chi connectivity index (χ0n) is 11.6. The van der Waals surface area contributed by atoms with E-state index in [1.165, 1.54) is 19.3 Å². The van der Waals surface area contributed by atoms with Gasteiger partial charge in [0.15, 0.2) is 0 Å².